The normalized spacial score (nSPS) is 22.1. The lowest BCUT2D eigenvalue weighted by Crippen LogP contribution is -2.36. The van der Waals surface area contributed by atoms with E-state index in [9.17, 15) is 9.90 Å². The van der Waals surface area contributed by atoms with Crippen molar-refractivity contribution < 1.29 is 14.6 Å². The van der Waals surface area contributed by atoms with Crippen LogP contribution in [0.4, 0.5) is 0 Å². The van der Waals surface area contributed by atoms with Crippen LogP contribution in [0.5, 0.6) is 5.75 Å². The Balaban J connectivity index is 1.85. The van der Waals surface area contributed by atoms with Crippen LogP contribution in [0.3, 0.4) is 0 Å². The molecule has 1 aromatic carbocycles. The SMILES string of the molecule is CC(C)Oc1ccc(C(=O)NCC2CCCCC2O)cc1. The van der Waals surface area contributed by atoms with Crippen molar-refractivity contribution in [1.29, 1.82) is 0 Å². The van der Waals surface area contributed by atoms with Crippen molar-refractivity contribution in [3.05, 3.63) is 29.8 Å². The molecule has 0 aromatic heterocycles. The quantitative estimate of drug-likeness (QED) is 0.877. The van der Waals surface area contributed by atoms with E-state index in [1.807, 2.05) is 26.0 Å². The Hall–Kier alpha value is -1.55. The lowest BCUT2D eigenvalue weighted by molar-refractivity contribution is 0.0663. The van der Waals surface area contributed by atoms with E-state index in [-0.39, 0.29) is 24.0 Å². The highest BCUT2D eigenvalue weighted by atomic mass is 16.5. The van der Waals surface area contributed by atoms with Gasteiger partial charge in [-0.05, 0) is 51.0 Å². The monoisotopic (exact) mass is 291 g/mol. The highest BCUT2D eigenvalue weighted by molar-refractivity contribution is 5.94. The summed E-state index contributed by atoms with van der Waals surface area (Å²) in [7, 11) is 0. The summed E-state index contributed by atoms with van der Waals surface area (Å²) in [6.07, 6.45) is 3.91. The van der Waals surface area contributed by atoms with Crippen LogP contribution in [0.15, 0.2) is 24.3 Å². The van der Waals surface area contributed by atoms with E-state index < -0.39 is 0 Å². The topological polar surface area (TPSA) is 58.6 Å². The van der Waals surface area contributed by atoms with E-state index in [0.717, 1.165) is 31.4 Å². The lowest BCUT2D eigenvalue weighted by Gasteiger charge is -2.27. The maximum atomic E-state index is 12.1. The van der Waals surface area contributed by atoms with Crippen LogP contribution in [0, 0.1) is 5.92 Å². The molecular formula is C17H25NO3. The van der Waals surface area contributed by atoms with Gasteiger partial charge >= 0.3 is 0 Å². The van der Waals surface area contributed by atoms with Crippen molar-refractivity contribution in [3.63, 3.8) is 0 Å². The molecule has 1 aromatic rings. The van der Waals surface area contributed by atoms with Gasteiger partial charge in [-0.25, -0.2) is 0 Å². The molecule has 116 valence electrons. The summed E-state index contributed by atoms with van der Waals surface area (Å²) in [6, 6.07) is 7.16. The molecule has 0 saturated heterocycles. The second-order valence-corrected chi connectivity index (χ2v) is 6.01. The second kappa shape index (κ2) is 7.46. The molecule has 2 rings (SSSR count). The second-order valence-electron chi connectivity index (χ2n) is 6.01. The minimum atomic E-state index is -0.277. The number of rotatable bonds is 5. The summed E-state index contributed by atoms with van der Waals surface area (Å²) < 4.78 is 5.55. The van der Waals surface area contributed by atoms with Crippen molar-refractivity contribution in [3.8, 4) is 5.75 Å². The van der Waals surface area contributed by atoms with Crippen LogP contribution in [-0.4, -0.2) is 29.8 Å². The predicted octanol–water partition coefficient (Wildman–Crippen LogP) is 2.75. The minimum Gasteiger partial charge on any atom is -0.491 e. The molecular weight excluding hydrogens is 266 g/mol. The van der Waals surface area contributed by atoms with Crippen molar-refractivity contribution in [2.45, 2.75) is 51.7 Å². The van der Waals surface area contributed by atoms with Gasteiger partial charge in [0.25, 0.3) is 5.91 Å². The largest absolute Gasteiger partial charge is 0.491 e. The number of carbonyl (C=O) groups excluding carboxylic acids is 1. The first-order valence-electron chi connectivity index (χ1n) is 7.79. The van der Waals surface area contributed by atoms with Gasteiger partial charge in [-0.2, -0.15) is 0 Å². The number of aliphatic hydroxyl groups is 1. The van der Waals surface area contributed by atoms with Crippen molar-refractivity contribution in [2.75, 3.05) is 6.54 Å². The summed E-state index contributed by atoms with van der Waals surface area (Å²) in [6.45, 7) is 4.48. The molecule has 0 heterocycles. The fourth-order valence-electron chi connectivity index (χ4n) is 2.71. The summed E-state index contributed by atoms with van der Waals surface area (Å²) in [5.41, 5.74) is 0.622. The zero-order valence-corrected chi connectivity index (χ0v) is 12.8. The Morgan fingerprint density at radius 3 is 2.57 bits per heavy atom. The average Bonchev–Trinajstić information content (AvgIpc) is 2.46. The molecule has 2 N–H and O–H groups in total. The van der Waals surface area contributed by atoms with Crippen molar-refractivity contribution in [1.82, 2.24) is 5.32 Å². The number of amides is 1. The fourth-order valence-corrected chi connectivity index (χ4v) is 2.71. The van der Waals surface area contributed by atoms with Crippen LogP contribution < -0.4 is 10.1 Å². The Bertz CT molecular complexity index is 456. The summed E-state index contributed by atoms with van der Waals surface area (Å²) in [5.74, 6) is 0.861. The predicted molar refractivity (Wildman–Crippen MR) is 82.5 cm³/mol. The van der Waals surface area contributed by atoms with E-state index >= 15 is 0 Å². The van der Waals surface area contributed by atoms with Gasteiger partial charge in [0.15, 0.2) is 0 Å². The molecule has 0 spiro atoms. The smallest absolute Gasteiger partial charge is 0.251 e. The molecule has 2 atom stereocenters. The van der Waals surface area contributed by atoms with Crippen LogP contribution in [0.2, 0.25) is 0 Å². The van der Waals surface area contributed by atoms with Gasteiger partial charge in [-0.15, -0.1) is 0 Å². The van der Waals surface area contributed by atoms with Crippen LogP contribution in [0.25, 0.3) is 0 Å². The zero-order valence-electron chi connectivity index (χ0n) is 12.8. The number of benzene rings is 1. The van der Waals surface area contributed by atoms with Gasteiger partial charge in [-0.3, -0.25) is 4.79 Å². The molecule has 21 heavy (non-hydrogen) atoms. The fraction of sp³-hybridized carbons (Fsp3) is 0.588. The van der Waals surface area contributed by atoms with Crippen LogP contribution >= 0.6 is 0 Å². The molecule has 1 aliphatic rings. The highest BCUT2D eigenvalue weighted by Crippen LogP contribution is 2.23. The maximum Gasteiger partial charge on any atom is 0.251 e. The van der Waals surface area contributed by atoms with E-state index in [4.69, 9.17) is 4.74 Å². The lowest BCUT2D eigenvalue weighted by atomic mass is 9.86. The van der Waals surface area contributed by atoms with E-state index in [1.165, 1.54) is 0 Å². The van der Waals surface area contributed by atoms with Gasteiger partial charge in [0.1, 0.15) is 5.75 Å². The maximum absolute atomic E-state index is 12.1. The van der Waals surface area contributed by atoms with Crippen LogP contribution in [-0.2, 0) is 0 Å². The molecule has 0 aliphatic heterocycles. The first-order valence-corrected chi connectivity index (χ1v) is 7.79. The number of hydrogen-bond acceptors (Lipinski definition) is 3. The molecule has 4 nitrogen and oxygen atoms in total. The Labute approximate surface area is 126 Å². The van der Waals surface area contributed by atoms with Crippen LogP contribution in [0.1, 0.15) is 49.9 Å². The molecule has 1 amide bonds. The standard InChI is InChI=1S/C17H25NO3/c1-12(2)21-15-9-7-13(8-10-15)17(20)18-11-14-5-3-4-6-16(14)19/h7-10,12,14,16,19H,3-6,11H2,1-2H3,(H,18,20). The Morgan fingerprint density at radius 1 is 1.29 bits per heavy atom. The first-order chi connectivity index (χ1) is 10.1. The van der Waals surface area contributed by atoms with E-state index in [0.29, 0.717) is 12.1 Å². The third-order valence-corrected chi connectivity index (χ3v) is 3.88. The Kier molecular flexibility index (Phi) is 5.62. The third-order valence-electron chi connectivity index (χ3n) is 3.88. The number of nitrogens with one attached hydrogen (secondary N) is 1. The zero-order chi connectivity index (χ0) is 15.2. The number of carbonyl (C=O) groups is 1. The van der Waals surface area contributed by atoms with Gasteiger partial charge in [0, 0.05) is 18.0 Å². The Morgan fingerprint density at radius 2 is 1.95 bits per heavy atom. The number of aliphatic hydroxyl groups excluding tert-OH is 1. The molecule has 2 unspecified atom stereocenters. The molecule has 1 fully saturated rings. The summed E-state index contributed by atoms with van der Waals surface area (Å²) in [5, 5.41) is 12.8. The van der Waals surface area contributed by atoms with Gasteiger partial charge in [0.2, 0.25) is 0 Å². The first kappa shape index (κ1) is 15.8. The average molecular weight is 291 g/mol. The van der Waals surface area contributed by atoms with Gasteiger partial charge < -0.3 is 15.2 Å². The van der Waals surface area contributed by atoms with Crippen molar-refractivity contribution >= 4 is 5.91 Å². The molecule has 0 bridgehead atoms. The number of hydrogen-bond donors (Lipinski definition) is 2. The summed E-state index contributed by atoms with van der Waals surface area (Å²) >= 11 is 0. The number of ether oxygens (including phenoxy) is 1. The summed E-state index contributed by atoms with van der Waals surface area (Å²) in [4.78, 5) is 12.1. The van der Waals surface area contributed by atoms with Gasteiger partial charge in [0.05, 0.1) is 12.2 Å². The third kappa shape index (κ3) is 4.74. The molecule has 4 heteroatoms. The molecule has 1 saturated carbocycles. The minimum absolute atomic E-state index is 0.0936. The highest BCUT2D eigenvalue weighted by Gasteiger charge is 2.23. The van der Waals surface area contributed by atoms with Crippen molar-refractivity contribution in [2.24, 2.45) is 5.92 Å². The van der Waals surface area contributed by atoms with E-state index in [1.54, 1.807) is 12.1 Å². The molecule has 1 aliphatic carbocycles. The van der Waals surface area contributed by atoms with Gasteiger partial charge in [-0.1, -0.05) is 12.8 Å². The van der Waals surface area contributed by atoms with E-state index in [2.05, 4.69) is 5.32 Å². The molecule has 0 radical (unpaired) electrons.